The largest absolute Gasteiger partial charge is 0.374 e. The fourth-order valence-electron chi connectivity index (χ4n) is 2.12. The highest BCUT2D eigenvalue weighted by molar-refractivity contribution is 5.88. The molecule has 0 amide bonds. The molecule has 72 valence electrons. The van der Waals surface area contributed by atoms with E-state index in [0.717, 1.165) is 30.9 Å². The average Bonchev–Trinajstić information content (AvgIpc) is 2.57. The van der Waals surface area contributed by atoms with Gasteiger partial charge in [0.15, 0.2) is 0 Å². The molecule has 3 rings (SSSR count). The van der Waals surface area contributed by atoms with E-state index in [1.165, 1.54) is 5.56 Å². The second-order valence-corrected chi connectivity index (χ2v) is 3.80. The standard InChI is InChI=1S/C11H12N2O/c14-11-6-5-10-12-9-4-2-1-3-8(9)7-13(10)11/h1-4,11,14H,5-7H2/t11-/m0/s1. The van der Waals surface area contributed by atoms with E-state index in [1.807, 2.05) is 23.1 Å². The van der Waals surface area contributed by atoms with Crippen molar-refractivity contribution in [2.75, 3.05) is 0 Å². The van der Waals surface area contributed by atoms with Crippen LogP contribution in [0.1, 0.15) is 18.4 Å². The molecule has 2 heterocycles. The van der Waals surface area contributed by atoms with Crippen LogP contribution in [-0.4, -0.2) is 22.1 Å². The lowest BCUT2D eigenvalue weighted by atomic mass is 10.1. The number of para-hydroxylation sites is 1. The average molecular weight is 188 g/mol. The van der Waals surface area contributed by atoms with Gasteiger partial charge in [-0.25, -0.2) is 4.99 Å². The molecular formula is C11H12N2O. The van der Waals surface area contributed by atoms with Crippen molar-refractivity contribution < 1.29 is 5.11 Å². The minimum Gasteiger partial charge on any atom is -0.374 e. The number of hydrogen-bond acceptors (Lipinski definition) is 3. The third kappa shape index (κ3) is 1.06. The van der Waals surface area contributed by atoms with Crippen molar-refractivity contribution in [2.45, 2.75) is 25.6 Å². The van der Waals surface area contributed by atoms with Gasteiger partial charge in [0, 0.05) is 13.0 Å². The monoisotopic (exact) mass is 188 g/mol. The van der Waals surface area contributed by atoms with E-state index < -0.39 is 0 Å². The quantitative estimate of drug-likeness (QED) is 0.672. The number of rotatable bonds is 0. The van der Waals surface area contributed by atoms with E-state index >= 15 is 0 Å². The van der Waals surface area contributed by atoms with Gasteiger partial charge in [-0.2, -0.15) is 0 Å². The second kappa shape index (κ2) is 2.82. The molecule has 0 saturated carbocycles. The first-order valence-corrected chi connectivity index (χ1v) is 4.95. The minimum absolute atomic E-state index is 0.331. The zero-order valence-corrected chi connectivity index (χ0v) is 7.85. The highest BCUT2D eigenvalue weighted by atomic mass is 16.3. The summed E-state index contributed by atoms with van der Waals surface area (Å²) in [6, 6.07) is 8.12. The summed E-state index contributed by atoms with van der Waals surface area (Å²) in [6.07, 6.45) is 1.38. The number of fused-ring (bicyclic) bond motifs is 2. The molecule has 1 fully saturated rings. The Kier molecular flexibility index (Phi) is 1.61. The summed E-state index contributed by atoms with van der Waals surface area (Å²) < 4.78 is 0. The zero-order chi connectivity index (χ0) is 9.54. The van der Waals surface area contributed by atoms with E-state index in [0.29, 0.717) is 0 Å². The highest BCUT2D eigenvalue weighted by Crippen LogP contribution is 2.31. The number of aliphatic imine (C=N–C) groups is 1. The summed E-state index contributed by atoms with van der Waals surface area (Å²) in [4.78, 5) is 6.53. The Balaban J connectivity index is 2.07. The van der Waals surface area contributed by atoms with E-state index in [4.69, 9.17) is 0 Å². The molecule has 3 nitrogen and oxygen atoms in total. The van der Waals surface area contributed by atoms with E-state index in [1.54, 1.807) is 0 Å². The summed E-state index contributed by atoms with van der Waals surface area (Å²) in [5, 5.41) is 9.70. The van der Waals surface area contributed by atoms with Crippen molar-refractivity contribution in [3.05, 3.63) is 29.8 Å². The molecule has 1 N–H and O–H groups in total. The molecule has 0 aliphatic carbocycles. The van der Waals surface area contributed by atoms with Gasteiger partial charge in [0.1, 0.15) is 12.1 Å². The molecule has 0 bridgehead atoms. The number of aliphatic hydroxyl groups excluding tert-OH is 1. The molecule has 0 aromatic heterocycles. The van der Waals surface area contributed by atoms with Crippen LogP contribution in [0.4, 0.5) is 5.69 Å². The minimum atomic E-state index is -0.331. The first-order valence-electron chi connectivity index (χ1n) is 4.95. The first-order chi connectivity index (χ1) is 6.84. The molecule has 1 aromatic carbocycles. The van der Waals surface area contributed by atoms with Gasteiger partial charge in [0.05, 0.1) is 5.69 Å². The Morgan fingerprint density at radius 1 is 1.36 bits per heavy atom. The molecule has 0 radical (unpaired) electrons. The lowest BCUT2D eigenvalue weighted by molar-refractivity contribution is 0.0624. The fraction of sp³-hybridized carbons (Fsp3) is 0.364. The molecule has 3 heteroatoms. The van der Waals surface area contributed by atoms with Crippen molar-refractivity contribution in [2.24, 2.45) is 4.99 Å². The number of amidine groups is 1. The highest BCUT2D eigenvalue weighted by Gasteiger charge is 2.30. The van der Waals surface area contributed by atoms with Crippen LogP contribution < -0.4 is 0 Å². The number of aliphatic hydroxyl groups is 1. The van der Waals surface area contributed by atoms with Gasteiger partial charge in [-0.15, -0.1) is 0 Å². The Bertz CT molecular complexity index is 400. The zero-order valence-electron chi connectivity index (χ0n) is 7.85. The summed E-state index contributed by atoms with van der Waals surface area (Å²) in [6.45, 7) is 0.802. The van der Waals surface area contributed by atoms with E-state index in [9.17, 15) is 5.11 Å². The number of nitrogens with zero attached hydrogens (tertiary/aromatic N) is 2. The summed E-state index contributed by atoms with van der Waals surface area (Å²) in [7, 11) is 0. The van der Waals surface area contributed by atoms with Crippen LogP contribution in [0.5, 0.6) is 0 Å². The maximum Gasteiger partial charge on any atom is 0.128 e. The van der Waals surface area contributed by atoms with Crippen LogP contribution in [0.25, 0.3) is 0 Å². The van der Waals surface area contributed by atoms with Gasteiger partial charge in [0.2, 0.25) is 0 Å². The van der Waals surface area contributed by atoms with Crippen LogP contribution in [0.15, 0.2) is 29.3 Å². The van der Waals surface area contributed by atoms with Crippen molar-refractivity contribution in [3.8, 4) is 0 Å². The van der Waals surface area contributed by atoms with Crippen LogP contribution >= 0.6 is 0 Å². The molecule has 2 aliphatic rings. The number of hydrogen-bond donors (Lipinski definition) is 1. The SMILES string of the molecule is O[C@H]1CCC2=Nc3ccccc3CN21. The van der Waals surface area contributed by atoms with Gasteiger partial charge in [-0.3, -0.25) is 0 Å². The molecule has 1 aromatic rings. The second-order valence-electron chi connectivity index (χ2n) is 3.80. The van der Waals surface area contributed by atoms with Crippen molar-refractivity contribution in [1.29, 1.82) is 0 Å². The Morgan fingerprint density at radius 3 is 3.14 bits per heavy atom. The van der Waals surface area contributed by atoms with Gasteiger partial charge < -0.3 is 10.0 Å². The Morgan fingerprint density at radius 2 is 2.21 bits per heavy atom. The predicted molar refractivity (Wildman–Crippen MR) is 54.3 cm³/mol. The smallest absolute Gasteiger partial charge is 0.128 e. The lowest BCUT2D eigenvalue weighted by Gasteiger charge is -2.27. The van der Waals surface area contributed by atoms with Gasteiger partial charge >= 0.3 is 0 Å². The Hall–Kier alpha value is -1.35. The van der Waals surface area contributed by atoms with Crippen molar-refractivity contribution >= 4 is 11.5 Å². The van der Waals surface area contributed by atoms with Crippen LogP contribution in [0, 0.1) is 0 Å². The third-order valence-corrected chi connectivity index (χ3v) is 2.90. The molecule has 0 unspecified atom stereocenters. The molecule has 1 atom stereocenters. The number of benzene rings is 1. The molecular weight excluding hydrogens is 176 g/mol. The third-order valence-electron chi connectivity index (χ3n) is 2.90. The maximum absolute atomic E-state index is 9.70. The lowest BCUT2D eigenvalue weighted by Crippen LogP contribution is -2.33. The van der Waals surface area contributed by atoms with Crippen molar-refractivity contribution in [3.63, 3.8) is 0 Å². The van der Waals surface area contributed by atoms with Crippen LogP contribution in [0.3, 0.4) is 0 Å². The normalized spacial score (nSPS) is 24.2. The topological polar surface area (TPSA) is 35.8 Å². The fourth-order valence-corrected chi connectivity index (χ4v) is 2.12. The predicted octanol–water partition coefficient (Wildman–Crippen LogP) is 1.64. The molecule has 14 heavy (non-hydrogen) atoms. The summed E-state index contributed by atoms with van der Waals surface area (Å²) >= 11 is 0. The van der Waals surface area contributed by atoms with E-state index in [-0.39, 0.29) is 6.23 Å². The van der Waals surface area contributed by atoms with Crippen LogP contribution in [-0.2, 0) is 6.54 Å². The molecule has 2 aliphatic heterocycles. The first kappa shape index (κ1) is 8.00. The molecule has 0 spiro atoms. The van der Waals surface area contributed by atoms with Crippen LogP contribution in [0.2, 0.25) is 0 Å². The maximum atomic E-state index is 9.70. The van der Waals surface area contributed by atoms with E-state index in [2.05, 4.69) is 11.1 Å². The van der Waals surface area contributed by atoms with Crippen molar-refractivity contribution in [1.82, 2.24) is 4.90 Å². The van der Waals surface area contributed by atoms with Gasteiger partial charge in [-0.1, -0.05) is 18.2 Å². The summed E-state index contributed by atoms with van der Waals surface area (Å²) in [5.41, 5.74) is 2.27. The Labute approximate surface area is 82.7 Å². The summed E-state index contributed by atoms with van der Waals surface area (Å²) in [5.74, 6) is 1.04. The van der Waals surface area contributed by atoms with Gasteiger partial charge in [-0.05, 0) is 18.1 Å². The molecule has 1 saturated heterocycles. The van der Waals surface area contributed by atoms with Gasteiger partial charge in [0.25, 0.3) is 0 Å².